The molecular formula is C26H35N5O3Si. The van der Waals surface area contributed by atoms with E-state index >= 15 is 0 Å². The van der Waals surface area contributed by atoms with Gasteiger partial charge in [-0.15, -0.1) is 0 Å². The fourth-order valence-electron chi connectivity index (χ4n) is 3.54. The van der Waals surface area contributed by atoms with Crippen LogP contribution in [-0.4, -0.2) is 55.4 Å². The van der Waals surface area contributed by atoms with Gasteiger partial charge in [0.1, 0.15) is 24.1 Å². The monoisotopic (exact) mass is 493 g/mol. The molecule has 0 aliphatic heterocycles. The van der Waals surface area contributed by atoms with E-state index in [0.29, 0.717) is 30.1 Å². The van der Waals surface area contributed by atoms with Gasteiger partial charge in [-0.05, 0) is 45.7 Å². The molecule has 0 unspecified atom stereocenters. The van der Waals surface area contributed by atoms with Crippen LogP contribution in [0.3, 0.4) is 0 Å². The van der Waals surface area contributed by atoms with E-state index in [0.717, 1.165) is 22.5 Å². The van der Waals surface area contributed by atoms with Gasteiger partial charge in [0.2, 0.25) is 0 Å². The van der Waals surface area contributed by atoms with Crippen LogP contribution in [0.5, 0.6) is 0 Å². The molecule has 3 aromatic heterocycles. The average molecular weight is 494 g/mol. The van der Waals surface area contributed by atoms with Crippen LogP contribution in [0, 0.1) is 23.2 Å². The maximum atomic E-state index is 10.4. The van der Waals surface area contributed by atoms with E-state index in [9.17, 15) is 15.5 Å². The SMILES string of the molecule is CC(C)(O)C#Cc1cc2c(-c3cn(COCC[Si](C)(C)C)nc3C#N)cn(CC(C)(C)O)c2cn1. The Morgan fingerprint density at radius 1 is 1.11 bits per heavy atom. The molecule has 2 N–H and O–H groups in total. The van der Waals surface area contributed by atoms with Crippen LogP contribution in [0.1, 0.15) is 39.1 Å². The van der Waals surface area contributed by atoms with E-state index in [1.807, 2.05) is 23.0 Å². The highest BCUT2D eigenvalue weighted by Gasteiger charge is 2.21. The van der Waals surface area contributed by atoms with Crippen molar-refractivity contribution in [2.75, 3.05) is 6.61 Å². The zero-order chi connectivity index (χ0) is 26.0. The molecule has 9 heteroatoms. The van der Waals surface area contributed by atoms with E-state index in [1.54, 1.807) is 38.6 Å². The first-order chi connectivity index (χ1) is 16.1. The number of fused-ring (bicyclic) bond motifs is 1. The predicted molar refractivity (Wildman–Crippen MR) is 139 cm³/mol. The fourth-order valence-corrected chi connectivity index (χ4v) is 4.30. The summed E-state index contributed by atoms with van der Waals surface area (Å²) in [5.41, 5.74) is 0.978. The van der Waals surface area contributed by atoms with Crippen LogP contribution in [0.15, 0.2) is 24.7 Å². The lowest BCUT2D eigenvalue weighted by molar-refractivity contribution is 0.0628. The number of hydrogen-bond acceptors (Lipinski definition) is 6. The lowest BCUT2D eigenvalue weighted by Crippen LogP contribution is -2.25. The molecular weight excluding hydrogens is 458 g/mol. The third kappa shape index (κ3) is 7.51. The predicted octanol–water partition coefficient (Wildman–Crippen LogP) is 3.98. The molecule has 0 saturated carbocycles. The summed E-state index contributed by atoms with van der Waals surface area (Å²) in [5.74, 6) is 5.71. The van der Waals surface area contributed by atoms with Crippen molar-refractivity contribution in [3.8, 4) is 29.0 Å². The van der Waals surface area contributed by atoms with Crippen molar-refractivity contribution in [2.24, 2.45) is 0 Å². The second-order valence-electron chi connectivity index (χ2n) is 11.3. The molecule has 0 aromatic carbocycles. The molecule has 8 nitrogen and oxygen atoms in total. The lowest BCUT2D eigenvalue weighted by Gasteiger charge is -2.18. The van der Waals surface area contributed by atoms with Gasteiger partial charge in [0.15, 0.2) is 5.69 Å². The van der Waals surface area contributed by atoms with E-state index in [-0.39, 0.29) is 6.73 Å². The normalized spacial score (nSPS) is 12.5. The Morgan fingerprint density at radius 3 is 2.43 bits per heavy atom. The van der Waals surface area contributed by atoms with Gasteiger partial charge < -0.3 is 19.5 Å². The second-order valence-corrected chi connectivity index (χ2v) is 16.9. The quantitative estimate of drug-likeness (QED) is 0.279. The Bertz CT molecular complexity index is 1300. The number of pyridine rings is 1. The Hall–Kier alpha value is -2.95. The number of aromatic nitrogens is 4. The van der Waals surface area contributed by atoms with Gasteiger partial charge in [-0.1, -0.05) is 25.6 Å². The smallest absolute Gasteiger partial charge is 0.170 e. The first-order valence-electron chi connectivity index (χ1n) is 11.7. The van der Waals surface area contributed by atoms with E-state index in [4.69, 9.17) is 4.74 Å². The molecule has 35 heavy (non-hydrogen) atoms. The van der Waals surface area contributed by atoms with Gasteiger partial charge >= 0.3 is 0 Å². The van der Waals surface area contributed by atoms with Crippen molar-refractivity contribution in [3.63, 3.8) is 0 Å². The highest BCUT2D eigenvalue weighted by atomic mass is 28.3. The summed E-state index contributed by atoms with van der Waals surface area (Å²) in [4.78, 5) is 4.44. The molecule has 0 radical (unpaired) electrons. The molecule has 186 valence electrons. The minimum absolute atomic E-state index is 0.269. The lowest BCUT2D eigenvalue weighted by atomic mass is 10.1. The topological polar surface area (TPSA) is 109 Å². The van der Waals surface area contributed by atoms with E-state index in [2.05, 4.69) is 47.6 Å². The standard InChI is InChI=1S/C26H35N5O3Si/c1-25(2,32)9-8-19-12-20-21(15-30(17-26(3,4)33)24(20)14-28-19)22-16-31(29-23(22)13-27)18-34-10-11-35(5,6)7/h12,14-16,32-33H,10-11,17-18H2,1-7H3. The van der Waals surface area contributed by atoms with Crippen LogP contribution in [0.4, 0.5) is 0 Å². The molecule has 0 saturated heterocycles. The number of nitrogens with zero attached hydrogens (tertiary/aromatic N) is 5. The summed E-state index contributed by atoms with van der Waals surface area (Å²) in [5, 5.41) is 35.5. The molecule has 3 aromatic rings. The van der Waals surface area contributed by atoms with Gasteiger partial charge in [-0.3, -0.25) is 0 Å². The van der Waals surface area contributed by atoms with E-state index < -0.39 is 19.3 Å². The number of hydrogen-bond donors (Lipinski definition) is 2. The number of rotatable bonds is 8. The maximum absolute atomic E-state index is 10.4. The minimum Gasteiger partial charge on any atom is -0.389 e. The molecule has 3 heterocycles. The Balaban J connectivity index is 2.05. The van der Waals surface area contributed by atoms with Crippen molar-refractivity contribution in [1.82, 2.24) is 19.3 Å². The van der Waals surface area contributed by atoms with Gasteiger partial charge in [0.05, 0.1) is 23.9 Å². The molecule has 0 aliphatic carbocycles. The van der Waals surface area contributed by atoms with Crippen molar-refractivity contribution in [1.29, 1.82) is 5.26 Å². The van der Waals surface area contributed by atoms with Gasteiger partial charge in [0, 0.05) is 43.6 Å². The van der Waals surface area contributed by atoms with Crippen LogP contribution in [0.25, 0.3) is 22.0 Å². The van der Waals surface area contributed by atoms with Crippen LogP contribution < -0.4 is 0 Å². The number of nitriles is 1. The molecule has 0 aliphatic rings. The maximum Gasteiger partial charge on any atom is 0.170 e. The average Bonchev–Trinajstić information content (AvgIpc) is 3.28. The highest BCUT2D eigenvalue weighted by Crippen LogP contribution is 2.33. The van der Waals surface area contributed by atoms with Crippen molar-refractivity contribution >= 4 is 19.0 Å². The molecule has 0 amide bonds. The Morgan fingerprint density at radius 2 is 1.83 bits per heavy atom. The van der Waals surface area contributed by atoms with Gasteiger partial charge in [-0.25, -0.2) is 9.67 Å². The Labute approximate surface area is 208 Å². The molecule has 3 rings (SSSR count). The molecule has 0 bridgehead atoms. The van der Waals surface area contributed by atoms with Gasteiger partial charge in [-0.2, -0.15) is 10.4 Å². The summed E-state index contributed by atoms with van der Waals surface area (Å²) < 4.78 is 9.39. The number of aliphatic hydroxyl groups is 2. The third-order valence-electron chi connectivity index (χ3n) is 5.20. The first kappa shape index (κ1) is 26.6. The zero-order valence-corrected chi connectivity index (χ0v) is 22.7. The van der Waals surface area contributed by atoms with Crippen LogP contribution in [-0.2, 0) is 18.0 Å². The molecule has 0 fully saturated rings. The van der Waals surface area contributed by atoms with Crippen molar-refractivity contribution in [2.45, 2.75) is 77.9 Å². The minimum atomic E-state index is -1.20. The third-order valence-corrected chi connectivity index (χ3v) is 6.90. The summed E-state index contributed by atoms with van der Waals surface area (Å²) in [6.07, 6.45) is 5.43. The van der Waals surface area contributed by atoms with Crippen LogP contribution in [0.2, 0.25) is 25.7 Å². The molecule has 0 spiro atoms. The van der Waals surface area contributed by atoms with E-state index in [1.165, 1.54) is 0 Å². The summed E-state index contributed by atoms with van der Waals surface area (Å²) >= 11 is 0. The number of ether oxygens (including phenoxy) is 1. The van der Waals surface area contributed by atoms with Crippen molar-refractivity contribution in [3.05, 3.63) is 36.0 Å². The first-order valence-corrected chi connectivity index (χ1v) is 15.4. The second kappa shape index (κ2) is 9.96. The van der Waals surface area contributed by atoms with Crippen LogP contribution >= 0.6 is 0 Å². The largest absolute Gasteiger partial charge is 0.389 e. The fraction of sp³-hybridized carbons (Fsp3) is 0.500. The zero-order valence-electron chi connectivity index (χ0n) is 21.7. The Kier molecular flexibility index (Phi) is 7.58. The van der Waals surface area contributed by atoms with Gasteiger partial charge in [0.25, 0.3) is 0 Å². The highest BCUT2D eigenvalue weighted by molar-refractivity contribution is 6.76. The summed E-state index contributed by atoms with van der Waals surface area (Å²) in [7, 11) is -1.20. The molecule has 0 atom stereocenters. The van der Waals surface area contributed by atoms with Crippen molar-refractivity contribution < 1.29 is 14.9 Å². The summed E-state index contributed by atoms with van der Waals surface area (Å²) in [6.45, 7) is 14.9. The summed E-state index contributed by atoms with van der Waals surface area (Å²) in [6, 6.07) is 5.09.